The maximum absolute atomic E-state index is 11.6. The van der Waals surface area contributed by atoms with Crippen molar-refractivity contribution in [1.29, 1.82) is 0 Å². The van der Waals surface area contributed by atoms with E-state index < -0.39 is 0 Å². The number of hydrogen-bond acceptors (Lipinski definition) is 3. The van der Waals surface area contributed by atoms with Crippen molar-refractivity contribution in [2.45, 2.75) is 38.1 Å². The van der Waals surface area contributed by atoms with Crippen molar-refractivity contribution in [3.8, 4) is 0 Å². The van der Waals surface area contributed by atoms with Crippen LogP contribution in [0.1, 0.15) is 31.2 Å². The predicted octanol–water partition coefficient (Wildman–Crippen LogP) is 2.65. The van der Waals surface area contributed by atoms with Gasteiger partial charge in [-0.3, -0.25) is 9.69 Å². The molecular formula is C16H23NO2. The summed E-state index contributed by atoms with van der Waals surface area (Å²) in [6, 6.07) is 10.6. The third-order valence-corrected chi connectivity index (χ3v) is 3.84. The zero-order valence-corrected chi connectivity index (χ0v) is 11.7. The molecule has 0 spiro atoms. The minimum atomic E-state index is -0.0689. The number of unbranched alkanes of at least 4 members (excludes halogenated alkanes) is 1. The van der Waals surface area contributed by atoms with Crippen molar-refractivity contribution >= 4 is 5.97 Å². The molecule has 0 aromatic heterocycles. The number of benzene rings is 1. The number of hydrogen-bond donors (Lipinski definition) is 0. The fourth-order valence-electron chi connectivity index (χ4n) is 2.79. The van der Waals surface area contributed by atoms with Crippen LogP contribution in [0.15, 0.2) is 30.3 Å². The van der Waals surface area contributed by atoms with E-state index in [0.717, 1.165) is 38.8 Å². The summed E-state index contributed by atoms with van der Waals surface area (Å²) >= 11 is 0. The van der Waals surface area contributed by atoms with E-state index in [4.69, 9.17) is 4.74 Å². The molecule has 1 fully saturated rings. The lowest BCUT2D eigenvalue weighted by molar-refractivity contribution is -0.145. The van der Waals surface area contributed by atoms with Gasteiger partial charge in [-0.05, 0) is 50.8 Å². The number of rotatable bonds is 6. The van der Waals surface area contributed by atoms with Crippen molar-refractivity contribution in [1.82, 2.24) is 4.90 Å². The third-order valence-electron chi connectivity index (χ3n) is 3.84. The third kappa shape index (κ3) is 4.06. The summed E-state index contributed by atoms with van der Waals surface area (Å²) in [5, 5.41) is 0. The summed E-state index contributed by atoms with van der Waals surface area (Å²) in [6.07, 6.45) is 5.50. The van der Waals surface area contributed by atoms with Crippen LogP contribution in [0, 0.1) is 0 Å². The van der Waals surface area contributed by atoms with Gasteiger partial charge in [0, 0.05) is 0 Å². The number of aryl methyl sites for hydroxylation is 1. The van der Waals surface area contributed by atoms with Crippen LogP contribution in [0.25, 0.3) is 0 Å². The monoisotopic (exact) mass is 261 g/mol. The molecule has 1 atom stereocenters. The van der Waals surface area contributed by atoms with E-state index in [1.807, 2.05) is 0 Å². The second-order valence-corrected chi connectivity index (χ2v) is 5.16. The molecule has 3 nitrogen and oxygen atoms in total. The number of likely N-dealkylation sites (tertiary alicyclic amines) is 1. The average Bonchev–Trinajstić information content (AvgIpc) is 2.92. The summed E-state index contributed by atoms with van der Waals surface area (Å²) in [5.74, 6) is -0.0689. The van der Waals surface area contributed by atoms with Crippen LogP contribution in [-0.4, -0.2) is 37.1 Å². The molecule has 1 unspecified atom stereocenters. The smallest absolute Gasteiger partial charge is 0.323 e. The molecule has 1 aromatic carbocycles. The van der Waals surface area contributed by atoms with E-state index in [-0.39, 0.29) is 12.0 Å². The van der Waals surface area contributed by atoms with Crippen molar-refractivity contribution < 1.29 is 9.53 Å². The van der Waals surface area contributed by atoms with Crippen LogP contribution in [-0.2, 0) is 16.0 Å². The fraction of sp³-hybridized carbons (Fsp3) is 0.562. The van der Waals surface area contributed by atoms with Gasteiger partial charge in [0.2, 0.25) is 0 Å². The number of carbonyl (C=O) groups excluding carboxylic acids is 1. The minimum absolute atomic E-state index is 0.00160. The van der Waals surface area contributed by atoms with Gasteiger partial charge in [0.1, 0.15) is 6.04 Å². The first-order valence-electron chi connectivity index (χ1n) is 7.17. The molecule has 1 aliphatic rings. The standard InChI is InChI=1S/C16H23NO2/c1-19-16(18)15-11-7-13-17(15)12-6-5-10-14-8-3-2-4-9-14/h2-4,8-9,15H,5-7,10-13H2,1H3. The van der Waals surface area contributed by atoms with Gasteiger partial charge in [-0.2, -0.15) is 0 Å². The van der Waals surface area contributed by atoms with Gasteiger partial charge in [0.05, 0.1) is 7.11 Å². The van der Waals surface area contributed by atoms with Crippen molar-refractivity contribution in [3.05, 3.63) is 35.9 Å². The fourth-order valence-corrected chi connectivity index (χ4v) is 2.79. The SMILES string of the molecule is COC(=O)C1CCCN1CCCCc1ccccc1. The summed E-state index contributed by atoms with van der Waals surface area (Å²) in [5.41, 5.74) is 1.40. The van der Waals surface area contributed by atoms with Crippen molar-refractivity contribution in [3.63, 3.8) is 0 Å². The van der Waals surface area contributed by atoms with Crippen LogP contribution < -0.4 is 0 Å². The molecule has 1 heterocycles. The normalized spacial score (nSPS) is 19.5. The van der Waals surface area contributed by atoms with Crippen LogP contribution in [0.5, 0.6) is 0 Å². The van der Waals surface area contributed by atoms with E-state index in [2.05, 4.69) is 35.2 Å². The second kappa shape index (κ2) is 7.29. The Morgan fingerprint density at radius 2 is 2.11 bits per heavy atom. The van der Waals surface area contributed by atoms with Gasteiger partial charge < -0.3 is 4.74 Å². The van der Waals surface area contributed by atoms with Gasteiger partial charge in [0.15, 0.2) is 0 Å². The topological polar surface area (TPSA) is 29.5 Å². The molecule has 1 saturated heterocycles. The lowest BCUT2D eigenvalue weighted by atomic mass is 10.1. The predicted molar refractivity (Wildman–Crippen MR) is 76.0 cm³/mol. The molecule has 0 N–H and O–H groups in total. The van der Waals surface area contributed by atoms with Crippen molar-refractivity contribution in [2.75, 3.05) is 20.2 Å². The number of nitrogens with zero attached hydrogens (tertiary/aromatic N) is 1. The van der Waals surface area contributed by atoms with Crippen LogP contribution in [0.4, 0.5) is 0 Å². The van der Waals surface area contributed by atoms with Gasteiger partial charge in [0.25, 0.3) is 0 Å². The summed E-state index contributed by atoms with van der Waals surface area (Å²) < 4.78 is 4.86. The van der Waals surface area contributed by atoms with Gasteiger partial charge in [-0.25, -0.2) is 0 Å². The average molecular weight is 261 g/mol. The first kappa shape index (κ1) is 14.1. The van der Waals surface area contributed by atoms with E-state index >= 15 is 0 Å². The van der Waals surface area contributed by atoms with E-state index in [9.17, 15) is 4.79 Å². The highest BCUT2D eigenvalue weighted by Crippen LogP contribution is 2.19. The van der Waals surface area contributed by atoms with E-state index in [0.29, 0.717) is 0 Å². The molecule has 0 bridgehead atoms. The molecule has 1 aromatic rings. The molecular weight excluding hydrogens is 238 g/mol. The van der Waals surface area contributed by atoms with Crippen molar-refractivity contribution in [2.24, 2.45) is 0 Å². The quantitative estimate of drug-likeness (QED) is 0.582. The molecule has 104 valence electrons. The van der Waals surface area contributed by atoms with Crippen LogP contribution >= 0.6 is 0 Å². The Balaban J connectivity index is 1.69. The Morgan fingerprint density at radius 1 is 1.32 bits per heavy atom. The molecule has 0 radical (unpaired) electrons. The molecule has 0 saturated carbocycles. The van der Waals surface area contributed by atoms with Gasteiger partial charge in [-0.1, -0.05) is 30.3 Å². The Kier molecular flexibility index (Phi) is 5.40. The Morgan fingerprint density at radius 3 is 2.84 bits per heavy atom. The zero-order chi connectivity index (χ0) is 13.5. The number of carbonyl (C=O) groups is 1. The Bertz CT molecular complexity index is 391. The molecule has 2 rings (SSSR count). The summed E-state index contributed by atoms with van der Waals surface area (Å²) in [7, 11) is 1.48. The second-order valence-electron chi connectivity index (χ2n) is 5.16. The van der Waals surface area contributed by atoms with E-state index in [1.54, 1.807) is 0 Å². The Labute approximate surface area is 115 Å². The van der Waals surface area contributed by atoms with E-state index in [1.165, 1.54) is 19.1 Å². The largest absolute Gasteiger partial charge is 0.468 e. The highest BCUT2D eigenvalue weighted by molar-refractivity contribution is 5.75. The number of esters is 1. The summed E-state index contributed by atoms with van der Waals surface area (Å²) in [6.45, 7) is 2.04. The maximum atomic E-state index is 11.6. The lowest BCUT2D eigenvalue weighted by Crippen LogP contribution is -2.37. The molecule has 0 amide bonds. The van der Waals surface area contributed by atoms with Crippen LogP contribution in [0.3, 0.4) is 0 Å². The molecule has 3 heteroatoms. The highest BCUT2D eigenvalue weighted by atomic mass is 16.5. The van der Waals surface area contributed by atoms with Gasteiger partial charge >= 0.3 is 5.97 Å². The maximum Gasteiger partial charge on any atom is 0.323 e. The summed E-state index contributed by atoms with van der Waals surface area (Å²) in [4.78, 5) is 13.9. The molecule has 0 aliphatic carbocycles. The number of ether oxygens (including phenoxy) is 1. The Hall–Kier alpha value is -1.35. The zero-order valence-electron chi connectivity index (χ0n) is 11.7. The first-order valence-corrected chi connectivity index (χ1v) is 7.17. The molecule has 19 heavy (non-hydrogen) atoms. The van der Waals surface area contributed by atoms with Gasteiger partial charge in [-0.15, -0.1) is 0 Å². The van der Waals surface area contributed by atoms with Crippen LogP contribution in [0.2, 0.25) is 0 Å². The lowest BCUT2D eigenvalue weighted by Gasteiger charge is -2.22. The minimum Gasteiger partial charge on any atom is -0.468 e. The highest BCUT2D eigenvalue weighted by Gasteiger charge is 2.30. The number of methoxy groups -OCH3 is 1. The molecule has 1 aliphatic heterocycles. The first-order chi connectivity index (χ1) is 9.31.